The number of amides is 1. The number of benzene rings is 2. The van der Waals surface area contributed by atoms with Crippen molar-refractivity contribution in [3.8, 4) is 0 Å². The van der Waals surface area contributed by atoms with E-state index in [1.807, 2.05) is 48.2 Å². The Hall–Kier alpha value is -2.92. The lowest BCUT2D eigenvalue weighted by Gasteiger charge is -2.31. The van der Waals surface area contributed by atoms with Gasteiger partial charge in [-0.15, -0.1) is 0 Å². The minimum atomic E-state index is -0.236. The number of nitrogens with zero attached hydrogens (tertiary/aromatic N) is 2. The van der Waals surface area contributed by atoms with Gasteiger partial charge in [-0.1, -0.05) is 55.5 Å². The summed E-state index contributed by atoms with van der Waals surface area (Å²) in [6.45, 7) is 7.72. The molecule has 0 saturated carbocycles. The second kappa shape index (κ2) is 11.6. The SMILES string of the molecule is CC[C@@H](C)N(CC(=O)N(CCc1ccccc1)Cc1ccc(C)o1)Cc1ccccc1F. The molecule has 0 aliphatic carbocycles. The van der Waals surface area contributed by atoms with Crippen LogP contribution in [0, 0.1) is 12.7 Å². The van der Waals surface area contributed by atoms with Crippen molar-refractivity contribution < 1.29 is 13.6 Å². The van der Waals surface area contributed by atoms with Gasteiger partial charge in [-0.05, 0) is 50.5 Å². The van der Waals surface area contributed by atoms with Crippen LogP contribution in [0.5, 0.6) is 0 Å². The van der Waals surface area contributed by atoms with Gasteiger partial charge in [0.2, 0.25) is 5.91 Å². The third kappa shape index (κ3) is 6.79. The number of hydrogen-bond acceptors (Lipinski definition) is 3. The summed E-state index contributed by atoms with van der Waals surface area (Å²) in [5, 5.41) is 0. The smallest absolute Gasteiger partial charge is 0.237 e. The summed E-state index contributed by atoms with van der Waals surface area (Å²) in [7, 11) is 0. The van der Waals surface area contributed by atoms with Gasteiger partial charge >= 0.3 is 0 Å². The molecule has 1 aromatic heterocycles. The topological polar surface area (TPSA) is 36.7 Å². The van der Waals surface area contributed by atoms with Crippen LogP contribution in [-0.2, 0) is 24.3 Å². The highest BCUT2D eigenvalue weighted by atomic mass is 19.1. The Kier molecular flexibility index (Phi) is 8.63. The molecule has 3 aromatic rings. The van der Waals surface area contributed by atoms with E-state index in [-0.39, 0.29) is 24.3 Å². The van der Waals surface area contributed by atoms with Gasteiger partial charge in [-0.3, -0.25) is 9.69 Å². The molecule has 3 rings (SSSR count). The predicted molar refractivity (Wildman–Crippen MR) is 126 cm³/mol. The first-order valence-corrected chi connectivity index (χ1v) is 11.3. The molecule has 0 fully saturated rings. The summed E-state index contributed by atoms with van der Waals surface area (Å²) in [5.41, 5.74) is 1.80. The van der Waals surface area contributed by atoms with Gasteiger partial charge in [-0.25, -0.2) is 4.39 Å². The number of aryl methyl sites for hydroxylation is 1. The van der Waals surface area contributed by atoms with Gasteiger partial charge < -0.3 is 9.32 Å². The molecule has 0 N–H and O–H groups in total. The summed E-state index contributed by atoms with van der Waals surface area (Å²) >= 11 is 0. The summed E-state index contributed by atoms with van der Waals surface area (Å²) in [4.78, 5) is 17.3. The normalized spacial score (nSPS) is 12.2. The average molecular weight is 437 g/mol. The first-order valence-electron chi connectivity index (χ1n) is 11.3. The zero-order valence-corrected chi connectivity index (χ0v) is 19.3. The van der Waals surface area contributed by atoms with Crippen molar-refractivity contribution >= 4 is 5.91 Å². The number of furan rings is 1. The number of halogens is 1. The maximum absolute atomic E-state index is 14.3. The molecule has 0 aliphatic rings. The second-order valence-electron chi connectivity index (χ2n) is 8.32. The Morgan fingerprint density at radius 3 is 2.38 bits per heavy atom. The van der Waals surface area contributed by atoms with Crippen LogP contribution in [-0.4, -0.2) is 34.8 Å². The molecule has 0 saturated heterocycles. The first kappa shape index (κ1) is 23.7. The van der Waals surface area contributed by atoms with Crippen LogP contribution in [0.4, 0.5) is 4.39 Å². The number of rotatable bonds is 11. The van der Waals surface area contributed by atoms with Crippen molar-refractivity contribution in [3.63, 3.8) is 0 Å². The molecule has 1 heterocycles. The van der Waals surface area contributed by atoms with Gasteiger partial charge in [0.15, 0.2) is 0 Å². The lowest BCUT2D eigenvalue weighted by molar-refractivity contribution is -0.134. The van der Waals surface area contributed by atoms with E-state index in [0.29, 0.717) is 25.2 Å². The van der Waals surface area contributed by atoms with E-state index in [2.05, 4.69) is 30.9 Å². The Labute approximate surface area is 190 Å². The molecule has 170 valence electrons. The molecule has 4 nitrogen and oxygen atoms in total. The third-order valence-corrected chi connectivity index (χ3v) is 5.89. The Morgan fingerprint density at radius 2 is 1.72 bits per heavy atom. The maximum atomic E-state index is 14.3. The van der Waals surface area contributed by atoms with Gasteiger partial charge in [0, 0.05) is 24.7 Å². The Balaban J connectivity index is 1.74. The fraction of sp³-hybridized carbons (Fsp3) is 0.370. The maximum Gasteiger partial charge on any atom is 0.237 e. The van der Waals surface area contributed by atoms with Crippen LogP contribution in [0.1, 0.15) is 42.9 Å². The zero-order valence-electron chi connectivity index (χ0n) is 19.3. The predicted octanol–water partition coefficient (Wildman–Crippen LogP) is 5.60. The molecule has 0 radical (unpaired) electrons. The summed E-state index contributed by atoms with van der Waals surface area (Å²) in [5.74, 6) is 1.39. The first-order chi connectivity index (χ1) is 15.5. The van der Waals surface area contributed by atoms with Crippen LogP contribution in [0.15, 0.2) is 71.1 Å². The van der Waals surface area contributed by atoms with E-state index in [9.17, 15) is 9.18 Å². The van der Waals surface area contributed by atoms with Crippen molar-refractivity contribution in [3.05, 3.63) is 95.2 Å². The van der Waals surface area contributed by atoms with Gasteiger partial charge in [0.1, 0.15) is 17.3 Å². The molecule has 0 aliphatic heterocycles. The monoisotopic (exact) mass is 436 g/mol. The van der Waals surface area contributed by atoms with Crippen LogP contribution >= 0.6 is 0 Å². The average Bonchev–Trinajstić information content (AvgIpc) is 3.22. The second-order valence-corrected chi connectivity index (χ2v) is 8.32. The Bertz CT molecular complexity index is 986. The third-order valence-electron chi connectivity index (χ3n) is 5.89. The molecule has 1 amide bonds. The number of carbonyl (C=O) groups is 1. The van der Waals surface area contributed by atoms with Gasteiger partial charge in [0.25, 0.3) is 0 Å². The molecule has 1 atom stereocenters. The largest absolute Gasteiger partial charge is 0.464 e. The highest BCUT2D eigenvalue weighted by Gasteiger charge is 2.22. The van der Waals surface area contributed by atoms with Crippen LogP contribution in [0.25, 0.3) is 0 Å². The molecule has 2 aromatic carbocycles. The quantitative estimate of drug-likeness (QED) is 0.393. The summed E-state index contributed by atoms with van der Waals surface area (Å²) < 4.78 is 20.0. The minimum Gasteiger partial charge on any atom is -0.464 e. The fourth-order valence-corrected chi connectivity index (χ4v) is 3.70. The van der Waals surface area contributed by atoms with Crippen LogP contribution in [0.2, 0.25) is 0 Å². The van der Waals surface area contributed by atoms with E-state index >= 15 is 0 Å². The highest BCUT2D eigenvalue weighted by Crippen LogP contribution is 2.16. The molecular formula is C27H33FN2O2. The lowest BCUT2D eigenvalue weighted by Crippen LogP contribution is -2.43. The van der Waals surface area contributed by atoms with E-state index < -0.39 is 0 Å². The van der Waals surface area contributed by atoms with E-state index in [0.717, 1.165) is 24.4 Å². The molecule has 0 spiro atoms. The fourth-order valence-electron chi connectivity index (χ4n) is 3.70. The van der Waals surface area contributed by atoms with E-state index in [1.54, 1.807) is 12.1 Å². The van der Waals surface area contributed by atoms with Crippen LogP contribution < -0.4 is 0 Å². The lowest BCUT2D eigenvalue weighted by atomic mass is 10.1. The Morgan fingerprint density at radius 1 is 1.00 bits per heavy atom. The number of hydrogen-bond donors (Lipinski definition) is 0. The molecule has 0 unspecified atom stereocenters. The molecule has 0 bridgehead atoms. The molecule has 32 heavy (non-hydrogen) atoms. The highest BCUT2D eigenvalue weighted by molar-refractivity contribution is 5.78. The van der Waals surface area contributed by atoms with Crippen molar-refractivity contribution in [2.24, 2.45) is 0 Å². The summed E-state index contributed by atoms with van der Waals surface area (Å²) in [6.07, 6.45) is 1.64. The standard InChI is InChI=1S/C27H33FN2O2/c1-4-21(2)30(18-24-12-8-9-13-26(24)28)20-27(31)29(19-25-15-14-22(3)32-25)17-16-23-10-6-5-7-11-23/h5-15,21H,4,16-20H2,1-3H3/t21-/m1/s1. The van der Waals surface area contributed by atoms with E-state index in [1.165, 1.54) is 11.6 Å². The van der Waals surface area contributed by atoms with Crippen molar-refractivity contribution in [1.82, 2.24) is 9.80 Å². The van der Waals surface area contributed by atoms with Gasteiger partial charge in [0.05, 0.1) is 13.1 Å². The van der Waals surface area contributed by atoms with Crippen LogP contribution in [0.3, 0.4) is 0 Å². The zero-order chi connectivity index (χ0) is 22.9. The summed E-state index contributed by atoms with van der Waals surface area (Å²) in [6, 6.07) is 20.9. The minimum absolute atomic E-state index is 0.0200. The van der Waals surface area contributed by atoms with Crippen molar-refractivity contribution in [1.29, 1.82) is 0 Å². The van der Waals surface area contributed by atoms with Gasteiger partial charge in [-0.2, -0.15) is 0 Å². The van der Waals surface area contributed by atoms with Crippen molar-refractivity contribution in [2.75, 3.05) is 13.1 Å². The number of carbonyl (C=O) groups excluding carboxylic acids is 1. The van der Waals surface area contributed by atoms with E-state index in [4.69, 9.17) is 4.42 Å². The molecular weight excluding hydrogens is 403 g/mol. The molecule has 5 heteroatoms. The van der Waals surface area contributed by atoms with Crippen molar-refractivity contribution in [2.45, 2.75) is 52.7 Å².